The lowest BCUT2D eigenvalue weighted by molar-refractivity contribution is 6.92. The van der Waals surface area contributed by atoms with Crippen LogP contribution in [-0.4, -0.2) is 0 Å². The van der Waals surface area contributed by atoms with Crippen LogP contribution in [0.5, 0.6) is 0 Å². The van der Waals surface area contributed by atoms with E-state index in [0.29, 0.717) is 0 Å². The van der Waals surface area contributed by atoms with Crippen molar-refractivity contribution in [2.24, 2.45) is 0 Å². The van der Waals surface area contributed by atoms with E-state index < -0.39 is 0 Å². The molecule has 5 heteroatoms. The third-order valence-corrected chi connectivity index (χ3v) is 0. The van der Waals surface area contributed by atoms with Gasteiger partial charge in [0, 0.05) is 19.8 Å². The Bertz CT molecular complexity index is 4.85. The molecule has 0 fully saturated rings. The van der Waals surface area contributed by atoms with E-state index in [0.717, 1.165) is 0 Å². The summed E-state index contributed by atoms with van der Waals surface area (Å²) in [7, 11) is 0. The zero-order chi connectivity index (χ0) is 0. The minimum Gasteiger partial charge on any atom is -0.197 e. The van der Waals surface area contributed by atoms with Crippen LogP contribution in [-0.2, 0) is 0 Å². The topological polar surface area (TPSA) is 0 Å². The molecule has 0 bridgehead atoms. The molecule has 0 aliphatic carbocycles. The minimum atomic E-state index is 0. The van der Waals surface area contributed by atoms with Crippen molar-refractivity contribution in [2.75, 3.05) is 0 Å². The summed E-state index contributed by atoms with van der Waals surface area (Å²) in [6, 6.07) is 0. The summed E-state index contributed by atoms with van der Waals surface area (Å²) >= 11 is 0. The second-order valence-electron chi connectivity index (χ2n) is 0. The highest BCUT2D eigenvalue weighted by Gasteiger charge is 0.00103. The molecule has 0 atom stereocenters. The fraction of sp³-hybridized carbons (Fsp3) is 0. The maximum absolute atomic E-state index is 0. The molecule has 34 valence electrons. The maximum Gasteiger partial charge on any atom is 0 e. The lowest BCUT2D eigenvalue weighted by atomic mass is 31.0. The van der Waals surface area contributed by atoms with Crippen LogP contribution in [0.1, 0.15) is 0 Å². The quantitative estimate of drug-likeness (QED) is 0.481. The summed E-state index contributed by atoms with van der Waals surface area (Å²) in [6.45, 7) is 0. The largest absolute Gasteiger partial charge is 0.197 e. The van der Waals surface area contributed by atoms with Crippen molar-refractivity contribution in [2.45, 2.75) is 0 Å². The van der Waals surface area contributed by atoms with E-state index >= 15 is 0 Å². The van der Waals surface area contributed by atoms with Gasteiger partial charge in [0.2, 0.25) is 0 Å². The van der Waals surface area contributed by atoms with E-state index in [9.17, 15) is 0 Å². The molecule has 0 aromatic rings. The maximum atomic E-state index is 0. The Morgan fingerprint density at radius 3 is 0.400 bits per heavy atom. The molecule has 0 aromatic heterocycles. The van der Waals surface area contributed by atoms with Crippen LogP contribution in [0.15, 0.2) is 0 Å². The molecule has 0 unspecified atom stereocenters. The molecular formula is H6P2S3. The molecule has 0 aliphatic rings. The van der Waals surface area contributed by atoms with Crippen molar-refractivity contribution in [3.05, 3.63) is 0 Å². The van der Waals surface area contributed by atoms with Crippen molar-refractivity contribution >= 4 is 60.3 Å². The van der Waals surface area contributed by atoms with E-state index in [-0.39, 0.29) is 60.3 Å². The first-order chi connectivity index (χ1) is 0. The van der Waals surface area contributed by atoms with Gasteiger partial charge in [-0.3, -0.25) is 0 Å². The summed E-state index contributed by atoms with van der Waals surface area (Å²) < 4.78 is 0. The first-order valence-electron chi connectivity index (χ1n) is 0. The van der Waals surface area contributed by atoms with Crippen LogP contribution in [0.4, 0.5) is 0 Å². The molecule has 0 heterocycles. The number of hydrogen-bond donors (Lipinski definition) is 0. The third-order valence-electron chi connectivity index (χ3n) is 0. The summed E-state index contributed by atoms with van der Waals surface area (Å²) in [5, 5.41) is 0. The Hall–Kier alpha value is 1.91. The van der Waals surface area contributed by atoms with E-state index in [1.54, 1.807) is 0 Å². The van der Waals surface area contributed by atoms with Gasteiger partial charge in [0.15, 0.2) is 0 Å². The lowest BCUT2D eigenvalue weighted by Crippen LogP contribution is 0.647. The SMILES string of the molecule is S.S.S.[P].[P]. The highest BCUT2D eigenvalue weighted by molar-refractivity contribution is 7.59. The molecule has 0 nitrogen and oxygen atoms in total. The van der Waals surface area contributed by atoms with Gasteiger partial charge in [0.25, 0.3) is 0 Å². The Balaban J connectivity index is 0. The number of rotatable bonds is 0. The molecule has 0 aromatic carbocycles. The molecular weight excluding hydrogens is 158 g/mol. The molecule has 0 rings (SSSR count). The average Bonchev–Trinajstić information content (AvgIpc) is 0. The van der Waals surface area contributed by atoms with Gasteiger partial charge >= 0.3 is 0 Å². The van der Waals surface area contributed by atoms with Gasteiger partial charge in [-0.25, -0.2) is 0 Å². The Morgan fingerprint density at radius 2 is 0.400 bits per heavy atom. The smallest absolute Gasteiger partial charge is 0 e. The summed E-state index contributed by atoms with van der Waals surface area (Å²) in [5.74, 6) is 0. The molecule has 0 aliphatic heterocycles. The van der Waals surface area contributed by atoms with E-state index in [1.165, 1.54) is 0 Å². The summed E-state index contributed by atoms with van der Waals surface area (Å²) in [5.41, 5.74) is 0. The number of hydrogen-bond acceptors (Lipinski definition) is 0. The van der Waals surface area contributed by atoms with Gasteiger partial charge in [0.05, 0.1) is 0 Å². The Labute approximate surface area is 60.4 Å². The van der Waals surface area contributed by atoms with Gasteiger partial charge in [-0.05, 0) is 0 Å². The molecule has 0 saturated heterocycles. The molecule has 0 N–H and O–H groups in total. The first-order valence-corrected chi connectivity index (χ1v) is 0. The molecule has 0 spiro atoms. The van der Waals surface area contributed by atoms with Crippen molar-refractivity contribution in [1.29, 1.82) is 0 Å². The fourth-order valence-corrected chi connectivity index (χ4v) is 0. The van der Waals surface area contributed by atoms with Crippen molar-refractivity contribution in [3.8, 4) is 0 Å². The second-order valence-corrected chi connectivity index (χ2v) is 0. The highest BCUT2D eigenvalue weighted by atomic mass is 32.1. The van der Waals surface area contributed by atoms with Crippen LogP contribution in [0.3, 0.4) is 0 Å². The van der Waals surface area contributed by atoms with Crippen molar-refractivity contribution < 1.29 is 0 Å². The third kappa shape index (κ3) is 24.8. The predicted octanol–water partition coefficient (Wildman–Crippen LogP) is 2.06. The normalized spacial score (nSPS) is 0. The molecule has 0 amide bonds. The van der Waals surface area contributed by atoms with Crippen molar-refractivity contribution in [1.82, 2.24) is 0 Å². The molecule has 5 heavy (non-hydrogen) atoms. The zero-order valence-electron chi connectivity index (χ0n) is 2.39. The minimum absolute atomic E-state index is 0. The summed E-state index contributed by atoms with van der Waals surface area (Å²) in [4.78, 5) is 0. The standard InChI is InChI=1S/2P.3H2S/h;;3*1H2. The second kappa shape index (κ2) is 39.1. The summed E-state index contributed by atoms with van der Waals surface area (Å²) in [6.07, 6.45) is 0. The lowest BCUT2D eigenvalue weighted by Gasteiger charge is -0.198. The monoisotopic (exact) mass is 164 g/mol. The van der Waals surface area contributed by atoms with Crippen molar-refractivity contribution in [3.63, 3.8) is 0 Å². The van der Waals surface area contributed by atoms with E-state index in [4.69, 9.17) is 0 Å². The fourth-order valence-electron chi connectivity index (χ4n) is 0. The van der Waals surface area contributed by atoms with Crippen LogP contribution in [0, 0.1) is 0 Å². The predicted molar refractivity (Wildman–Crippen MR) is 45.0 cm³/mol. The Kier molecular flexibility index (Phi) is 517. The highest BCUT2D eigenvalue weighted by Crippen LogP contribution is 0.862. The molecule has 0 saturated carbocycles. The van der Waals surface area contributed by atoms with Gasteiger partial charge in [-0.15, -0.1) is 0 Å². The van der Waals surface area contributed by atoms with Crippen LogP contribution in [0.25, 0.3) is 0 Å². The van der Waals surface area contributed by atoms with Crippen LogP contribution in [0.2, 0.25) is 0 Å². The van der Waals surface area contributed by atoms with E-state index in [2.05, 4.69) is 0 Å². The van der Waals surface area contributed by atoms with Gasteiger partial charge in [-0.1, -0.05) is 0 Å². The molecule has 6 radical (unpaired) electrons. The zero-order valence-corrected chi connectivity index (χ0v) is 7.18. The van der Waals surface area contributed by atoms with Gasteiger partial charge in [-0.2, -0.15) is 40.5 Å². The van der Waals surface area contributed by atoms with Gasteiger partial charge in [0.1, 0.15) is 0 Å². The van der Waals surface area contributed by atoms with Crippen LogP contribution < -0.4 is 0 Å². The Morgan fingerprint density at radius 1 is 0.400 bits per heavy atom. The van der Waals surface area contributed by atoms with Crippen LogP contribution >= 0.6 is 60.3 Å². The average molecular weight is 164 g/mol. The van der Waals surface area contributed by atoms with E-state index in [1.807, 2.05) is 0 Å². The van der Waals surface area contributed by atoms with Gasteiger partial charge < -0.3 is 0 Å². The first kappa shape index (κ1) is 66.2.